The van der Waals surface area contributed by atoms with E-state index in [9.17, 15) is 9.90 Å². The van der Waals surface area contributed by atoms with E-state index in [4.69, 9.17) is 4.74 Å². The highest BCUT2D eigenvalue weighted by atomic mass is 16.5. The number of para-hydroxylation sites is 2. The molecule has 1 fully saturated rings. The molecule has 2 aromatic rings. The van der Waals surface area contributed by atoms with Gasteiger partial charge in [-0.15, -0.1) is 0 Å². The SMILES string of the molecule is CN(Cc1ccc(N2CCCCC2)cc1)C(=O)COc1ccccc1O. The first-order valence-corrected chi connectivity index (χ1v) is 9.12. The molecule has 0 radical (unpaired) electrons. The lowest BCUT2D eigenvalue weighted by molar-refractivity contribution is -0.132. The third-order valence-corrected chi connectivity index (χ3v) is 4.72. The molecule has 1 amide bonds. The summed E-state index contributed by atoms with van der Waals surface area (Å²) < 4.78 is 5.41. The molecule has 1 aliphatic rings. The number of hydrogen-bond donors (Lipinski definition) is 1. The number of likely N-dealkylation sites (N-methyl/N-ethyl adjacent to an activating group) is 1. The van der Waals surface area contributed by atoms with E-state index in [-0.39, 0.29) is 18.3 Å². The third kappa shape index (κ3) is 4.69. The number of anilines is 1. The molecule has 0 saturated carbocycles. The Morgan fingerprint density at radius 1 is 1.08 bits per heavy atom. The summed E-state index contributed by atoms with van der Waals surface area (Å²) in [6, 6.07) is 15.1. The number of phenolic OH excluding ortho intramolecular Hbond substituents is 1. The molecule has 5 nitrogen and oxygen atoms in total. The van der Waals surface area contributed by atoms with Crippen LogP contribution < -0.4 is 9.64 Å². The molecule has 3 rings (SSSR count). The van der Waals surface area contributed by atoms with Gasteiger partial charge >= 0.3 is 0 Å². The average molecular weight is 354 g/mol. The van der Waals surface area contributed by atoms with E-state index in [1.807, 2.05) is 0 Å². The summed E-state index contributed by atoms with van der Waals surface area (Å²) in [7, 11) is 1.76. The molecule has 0 unspecified atom stereocenters. The third-order valence-electron chi connectivity index (χ3n) is 4.72. The topological polar surface area (TPSA) is 53.0 Å². The highest BCUT2D eigenvalue weighted by Gasteiger charge is 2.13. The monoisotopic (exact) mass is 354 g/mol. The van der Waals surface area contributed by atoms with Crippen molar-refractivity contribution in [1.29, 1.82) is 0 Å². The van der Waals surface area contributed by atoms with Gasteiger partial charge in [0.25, 0.3) is 5.91 Å². The first-order chi connectivity index (χ1) is 12.6. The number of amides is 1. The molecule has 1 heterocycles. The van der Waals surface area contributed by atoms with Crippen LogP contribution in [0.3, 0.4) is 0 Å². The summed E-state index contributed by atoms with van der Waals surface area (Å²) in [5.74, 6) is 0.227. The van der Waals surface area contributed by atoms with Crippen molar-refractivity contribution in [1.82, 2.24) is 4.90 Å². The van der Waals surface area contributed by atoms with Crippen molar-refractivity contribution < 1.29 is 14.6 Å². The lowest BCUT2D eigenvalue weighted by atomic mass is 10.1. The van der Waals surface area contributed by atoms with Gasteiger partial charge in [0.2, 0.25) is 0 Å². The van der Waals surface area contributed by atoms with Crippen LogP contribution in [-0.2, 0) is 11.3 Å². The predicted octanol–water partition coefficient (Wildman–Crippen LogP) is 3.42. The van der Waals surface area contributed by atoms with Crippen molar-refractivity contribution in [2.75, 3.05) is 31.6 Å². The molecular weight excluding hydrogens is 328 g/mol. The molecule has 1 aliphatic heterocycles. The van der Waals surface area contributed by atoms with Crippen LogP contribution in [0.2, 0.25) is 0 Å². The largest absolute Gasteiger partial charge is 0.504 e. The van der Waals surface area contributed by atoms with Crippen LogP contribution >= 0.6 is 0 Å². The number of ether oxygens (including phenoxy) is 1. The van der Waals surface area contributed by atoms with Gasteiger partial charge in [0, 0.05) is 32.4 Å². The smallest absolute Gasteiger partial charge is 0.260 e. The normalized spacial score (nSPS) is 14.1. The Hall–Kier alpha value is -2.69. The summed E-state index contributed by atoms with van der Waals surface area (Å²) in [5, 5.41) is 9.68. The summed E-state index contributed by atoms with van der Waals surface area (Å²) in [5.41, 5.74) is 2.34. The molecular formula is C21H26N2O3. The Morgan fingerprint density at radius 3 is 2.46 bits per heavy atom. The molecule has 138 valence electrons. The van der Waals surface area contributed by atoms with E-state index < -0.39 is 0 Å². The molecule has 0 aliphatic carbocycles. The molecule has 1 N–H and O–H groups in total. The highest BCUT2D eigenvalue weighted by Crippen LogP contribution is 2.24. The summed E-state index contributed by atoms with van der Waals surface area (Å²) in [6.07, 6.45) is 3.84. The second kappa shape index (κ2) is 8.61. The van der Waals surface area contributed by atoms with E-state index in [2.05, 4.69) is 29.2 Å². The van der Waals surface area contributed by atoms with Crippen molar-refractivity contribution in [2.45, 2.75) is 25.8 Å². The fraction of sp³-hybridized carbons (Fsp3) is 0.381. The molecule has 0 atom stereocenters. The van der Waals surface area contributed by atoms with Crippen LogP contribution in [0.25, 0.3) is 0 Å². The van der Waals surface area contributed by atoms with E-state index in [0.717, 1.165) is 18.7 Å². The molecule has 26 heavy (non-hydrogen) atoms. The number of nitrogens with zero attached hydrogens (tertiary/aromatic N) is 2. The molecule has 1 saturated heterocycles. The van der Waals surface area contributed by atoms with E-state index >= 15 is 0 Å². The average Bonchev–Trinajstić information content (AvgIpc) is 2.68. The second-order valence-corrected chi connectivity index (χ2v) is 6.72. The second-order valence-electron chi connectivity index (χ2n) is 6.72. The van der Waals surface area contributed by atoms with Crippen molar-refractivity contribution >= 4 is 11.6 Å². The lowest BCUT2D eigenvalue weighted by Gasteiger charge is -2.29. The minimum Gasteiger partial charge on any atom is -0.504 e. The number of hydrogen-bond acceptors (Lipinski definition) is 4. The highest BCUT2D eigenvalue weighted by molar-refractivity contribution is 5.77. The summed E-state index contributed by atoms with van der Waals surface area (Å²) >= 11 is 0. The van der Waals surface area contributed by atoms with Crippen LogP contribution in [-0.4, -0.2) is 42.7 Å². The Morgan fingerprint density at radius 2 is 1.77 bits per heavy atom. The molecule has 5 heteroatoms. The molecule has 0 bridgehead atoms. The number of phenols is 1. The minimum absolute atomic E-state index is 0.0382. The van der Waals surface area contributed by atoms with Crippen molar-refractivity contribution in [3.05, 3.63) is 54.1 Å². The fourth-order valence-corrected chi connectivity index (χ4v) is 3.16. The Balaban J connectivity index is 1.51. The first kappa shape index (κ1) is 18.1. The van der Waals surface area contributed by atoms with Crippen molar-refractivity contribution in [3.8, 4) is 11.5 Å². The van der Waals surface area contributed by atoms with Gasteiger partial charge in [0.15, 0.2) is 18.1 Å². The molecule has 0 aromatic heterocycles. The Bertz CT molecular complexity index is 724. The van der Waals surface area contributed by atoms with Crippen LogP contribution in [0.4, 0.5) is 5.69 Å². The van der Waals surface area contributed by atoms with Crippen LogP contribution in [0.5, 0.6) is 11.5 Å². The number of rotatable bonds is 6. The Kier molecular flexibility index (Phi) is 6.00. The predicted molar refractivity (Wildman–Crippen MR) is 103 cm³/mol. The number of carbonyl (C=O) groups excluding carboxylic acids is 1. The van der Waals surface area contributed by atoms with Gasteiger partial charge in [-0.1, -0.05) is 24.3 Å². The van der Waals surface area contributed by atoms with Gasteiger partial charge in [-0.25, -0.2) is 0 Å². The lowest BCUT2D eigenvalue weighted by Crippen LogP contribution is -2.31. The van der Waals surface area contributed by atoms with Crippen molar-refractivity contribution in [2.24, 2.45) is 0 Å². The van der Waals surface area contributed by atoms with Gasteiger partial charge in [-0.3, -0.25) is 4.79 Å². The fourth-order valence-electron chi connectivity index (χ4n) is 3.16. The van der Waals surface area contributed by atoms with E-state index in [1.54, 1.807) is 30.1 Å². The molecule has 0 spiro atoms. The zero-order chi connectivity index (χ0) is 18.4. The van der Waals surface area contributed by atoms with Gasteiger partial charge in [-0.05, 0) is 49.1 Å². The van der Waals surface area contributed by atoms with E-state index in [0.29, 0.717) is 12.3 Å². The van der Waals surface area contributed by atoms with Crippen molar-refractivity contribution in [3.63, 3.8) is 0 Å². The zero-order valence-electron chi connectivity index (χ0n) is 15.2. The number of aromatic hydroxyl groups is 1. The molecule has 2 aromatic carbocycles. The van der Waals surface area contributed by atoms with E-state index in [1.165, 1.54) is 31.0 Å². The maximum Gasteiger partial charge on any atom is 0.260 e. The van der Waals surface area contributed by atoms with Gasteiger partial charge in [0.1, 0.15) is 0 Å². The zero-order valence-corrected chi connectivity index (χ0v) is 15.2. The number of benzene rings is 2. The number of piperidine rings is 1. The standard InChI is InChI=1S/C21H26N2O3/c1-22(21(25)16-26-20-8-4-3-7-19(20)24)15-17-9-11-18(12-10-17)23-13-5-2-6-14-23/h3-4,7-12,24H,2,5-6,13-16H2,1H3. The minimum atomic E-state index is -0.131. The summed E-state index contributed by atoms with van der Waals surface area (Å²) in [6.45, 7) is 2.69. The van der Waals surface area contributed by atoms with Gasteiger partial charge < -0.3 is 19.6 Å². The van der Waals surface area contributed by atoms with Crippen LogP contribution in [0.15, 0.2) is 48.5 Å². The van der Waals surface area contributed by atoms with Crippen LogP contribution in [0.1, 0.15) is 24.8 Å². The maximum atomic E-state index is 12.3. The summed E-state index contributed by atoms with van der Waals surface area (Å²) in [4.78, 5) is 16.3. The van der Waals surface area contributed by atoms with Gasteiger partial charge in [0.05, 0.1) is 0 Å². The van der Waals surface area contributed by atoms with Crippen LogP contribution in [0, 0.1) is 0 Å². The maximum absolute atomic E-state index is 12.3. The Labute approximate surface area is 154 Å². The quantitative estimate of drug-likeness (QED) is 0.864. The number of carbonyl (C=O) groups is 1. The van der Waals surface area contributed by atoms with Gasteiger partial charge in [-0.2, -0.15) is 0 Å². The first-order valence-electron chi connectivity index (χ1n) is 9.12.